The van der Waals surface area contributed by atoms with Gasteiger partial charge in [-0.2, -0.15) is 0 Å². The molecule has 0 amide bonds. The lowest BCUT2D eigenvalue weighted by molar-refractivity contribution is -0.140. The van der Waals surface area contributed by atoms with Crippen LogP contribution in [0.15, 0.2) is 36.8 Å². The van der Waals surface area contributed by atoms with Crippen LogP contribution in [0.4, 0.5) is 0 Å². The number of hydrogen-bond donors (Lipinski definition) is 1. The molecule has 0 radical (unpaired) electrons. The molecule has 0 aliphatic carbocycles. The fourth-order valence-corrected chi connectivity index (χ4v) is 2.51. The van der Waals surface area contributed by atoms with Crippen molar-refractivity contribution in [3.63, 3.8) is 0 Å². The smallest absolute Gasteiger partial charge is 0.305 e. The first kappa shape index (κ1) is 17.1. The van der Waals surface area contributed by atoms with Crippen LogP contribution in [0.2, 0.25) is 0 Å². The van der Waals surface area contributed by atoms with Gasteiger partial charge in [0.1, 0.15) is 5.75 Å². The highest BCUT2D eigenvalue weighted by molar-refractivity contribution is 5.69. The number of esters is 1. The molecule has 0 saturated heterocycles. The second-order valence-corrected chi connectivity index (χ2v) is 5.61. The lowest BCUT2D eigenvalue weighted by Crippen LogP contribution is -1.99. The molecular formula is C18H24N2O3. The van der Waals surface area contributed by atoms with E-state index in [1.165, 1.54) is 7.11 Å². The Balaban J connectivity index is 1.68. The highest BCUT2D eigenvalue weighted by Gasteiger charge is 2.06. The molecule has 5 heteroatoms. The van der Waals surface area contributed by atoms with Crippen LogP contribution >= 0.6 is 0 Å². The Hall–Kier alpha value is -2.30. The van der Waals surface area contributed by atoms with E-state index in [0.717, 1.165) is 49.9 Å². The van der Waals surface area contributed by atoms with Crippen molar-refractivity contribution in [1.82, 2.24) is 9.55 Å². The van der Waals surface area contributed by atoms with Crippen molar-refractivity contribution in [2.24, 2.45) is 0 Å². The van der Waals surface area contributed by atoms with Crippen molar-refractivity contribution < 1.29 is 14.6 Å². The number of rotatable bonds is 9. The molecule has 0 aliphatic heterocycles. The molecule has 1 heterocycles. The number of phenolic OH excluding ortho intramolecular Hbond substituents is 1. The van der Waals surface area contributed by atoms with Crippen LogP contribution in [0, 0.1) is 0 Å². The van der Waals surface area contributed by atoms with Crippen LogP contribution in [0.1, 0.15) is 38.5 Å². The molecule has 0 spiro atoms. The van der Waals surface area contributed by atoms with Gasteiger partial charge in [0.05, 0.1) is 19.1 Å². The fraction of sp³-hybridized carbons (Fsp3) is 0.444. The minimum Gasteiger partial charge on any atom is -0.507 e. The Morgan fingerprint density at radius 2 is 1.91 bits per heavy atom. The van der Waals surface area contributed by atoms with Crippen molar-refractivity contribution in [3.8, 4) is 17.0 Å². The fourth-order valence-electron chi connectivity index (χ4n) is 2.51. The summed E-state index contributed by atoms with van der Waals surface area (Å²) < 4.78 is 6.67. The number of nitrogens with zero attached hydrogens (tertiary/aromatic N) is 2. The van der Waals surface area contributed by atoms with Gasteiger partial charge in [-0.15, -0.1) is 0 Å². The van der Waals surface area contributed by atoms with E-state index in [4.69, 9.17) is 0 Å². The van der Waals surface area contributed by atoms with E-state index in [9.17, 15) is 9.90 Å². The van der Waals surface area contributed by atoms with Crippen LogP contribution in [0.3, 0.4) is 0 Å². The summed E-state index contributed by atoms with van der Waals surface area (Å²) in [6, 6.07) is 7.23. The first-order valence-corrected chi connectivity index (χ1v) is 8.07. The van der Waals surface area contributed by atoms with E-state index >= 15 is 0 Å². The standard InChI is InChI=1S/C18H24N2O3/c1-23-18(22)11-5-3-2-4-8-12-20-13-16(19-14-20)15-9-6-7-10-17(15)21/h6-7,9-10,13-14,21H,2-5,8,11-12H2,1H3. The first-order chi connectivity index (χ1) is 11.2. The van der Waals surface area contributed by atoms with Crippen LogP contribution in [-0.4, -0.2) is 27.7 Å². The van der Waals surface area contributed by atoms with Gasteiger partial charge < -0.3 is 14.4 Å². The number of ether oxygens (including phenoxy) is 1. The molecule has 0 saturated carbocycles. The minimum absolute atomic E-state index is 0.125. The molecule has 0 bridgehead atoms. The van der Waals surface area contributed by atoms with Gasteiger partial charge >= 0.3 is 5.97 Å². The molecule has 1 aromatic carbocycles. The molecule has 1 aromatic heterocycles. The topological polar surface area (TPSA) is 64.4 Å². The number of carbonyl (C=O) groups is 1. The summed E-state index contributed by atoms with van der Waals surface area (Å²) in [5.74, 6) is 0.128. The molecule has 124 valence electrons. The predicted octanol–water partition coefficient (Wildman–Crippen LogP) is 3.77. The Morgan fingerprint density at radius 3 is 2.70 bits per heavy atom. The summed E-state index contributed by atoms with van der Waals surface area (Å²) >= 11 is 0. The first-order valence-electron chi connectivity index (χ1n) is 8.07. The lowest BCUT2D eigenvalue weighted by atomic mass is 10.1. The summed E-state index contributed by atoms with van der Waals surface area (Å²) in [6.07, 6.45) is 9.57. The van der Waals surface area contributed by atoms with E-state index in [1.807, 2.05) is 18.3 Å². The number of methoxy groups -OCH3 is 1. The number of carbonyl (C=O) groups excluding carboxylic acids is 1. The van der Waals surface area contributed by atoms with E-state index in [1.54, 1.807) is 18.5 Å². The number of aryl methyl sites for hydroxylation is 1. The number of benzene rings is 1. The van der Waals surface area contributed by atoms with Gasteiger partial charge in [-0.1, -0.05) is 31.4 Å². The van der Waals surface area contributed by atoms with Gasteiger partial charge in [-0.25, -0.2) is 4.98 Å². The zero-order valence-electron chi connectivity index (χ0n) is 13.6. The van der Waals surface area contributed by atoms with Gasteiger partial charge in [0.15, 0.2) is 0 Å². The van der Waals surface area contributed by atoms with Gasteiger partial charge in [-0.05, 0) is 25.0 Å². The third kappa shape index (κ3) is 5.43. The van der Waals surface area contributed by atoms with Crippen LogP contribution in [0.25, 0.3) is 11.3 Å². The van der Waals surface area contributed by atoms with E-state index in [2.05, 4.69) is 14.3 Å². The minimum atomic E-state index is -0.125. The van der Waals surface area contributed by atoms with Gasteiger partial charge in [-0.3, -0.25) is 4.79 Å². The summed E-state index contributed by atoms with van der Waals surface area (Å²) in [6.45, 7) is 0.914. The van der Waals surface area contributed by atoms with E-state index < -0.39 is 0 Å². The van der Waals surface area contributed by atoms with Crippen molar-refractivity contribution in [2.75, 3.05) is 7.11 Å². The molecule has 23 heavy (non-hydrogen) atoms. The molecule has 2 aromatic rings. The number of para-hydroxylation sites is 1. The molecule has 5 nitrogen and oxygen atoms in total. The van der Waals surface area contributed by atoms with Crippen LogP contribution < -0.4 is 0 Å². The normalized spacial score (nSPS) is 10.7. The summed E-state index contributed by atoms with van der Waals surface area (Å²) in [7, 11) is 1.43. The van der Waals surface area contributed by atoms with E-state index in [-0.39, 0.29) is 11.7 Å². The molecule has 0 unspecified atom stereocenters. The largest absolute Gasteiger partial charge is 0.507 e. The highest BCUT2D eigenvalue weighted by Crippen LogP contribution is 2.26. The number of imidazole rings is 1. The Kier molecular flexibility index (Phi) is 6.66. The molecule has 1 N–H and O–H groups in total. The second-order valence-electron chi connectivity index (χ2n) is 5.61. The second kappa shape index (κ2) is 8.98. The van der Waals surface area contributed by atoms with Gasteiger partial charge in [0.2, 0.25) is 0 Å². The monoisotopic (exact) mass is 316 g/mol. The summed E-state index contributed by atoms with van der Waals surface area (Å²) in [5.41, 5.74) is 1.55. The molecular weight excluding hydrogens is 292 g/mol. The predicted molar refractivity (Wildman–Crippen MR) is 89.0 cm³/mol. The number of hydrogen-bond acceptors (Lipinski definition) is 4. The van der Waals surface area contributed by atoms with Crippen molar-refractivity contribution in [3.05, 3.63) is 36.8 Å². The highest BCUT2D eigenvalue weighted by atomic mass is 16.5. The van der Waals surface area contributed by atoms with Gasteiger partial charge in [0, 0.05) is 24.7 Å². The lowest BCUT2D eigenvalue weighted by Gasteiger charge is -2.03. The number of unbranched alkanes of at least 4 members (excludes halogenated alkanes) is 4. The third-order valence-corrected chi connectivity index (χ3v) is 3.84. The zero-order valence-corrected chi connectivity index (χ0v) is 13.6. The van der Waals surface area contributed by atoms with Crippen LogP contribution in [0.5, 0.6) is 5.75 Å². The molecule has 0 fully saturated rings. The summed E-state index contributed by atoms with van der Waals surface area (Å²) in [5, 5.41) is 9.84. The maximum Gasteiger partial charge on any atom is 0.305 e. The molecule has 0 atom stereocenters. The number of aromatic hydroxyl groups is 1. The number of aromatic nitrogens is 2. The average Bonchev–Trinajstić information content (AvgIpc) is 3.02. The van der Waals surface area contributed by atoms with E-state index in [0.29, 0.717) is 6.42 Å². The average molecular weight is 316 g/mol. The third-order valence-electron chi connectivity index (χ3n) is 3.84. The van der Waals surface area contributed by atoms with Crippen LogP contribution in [-0.2, 0) is 16.1 Å². The Morgan fingerprint density at radius 1 is 1.17 bits per heavy atom. The quantitative estimate of drug-likeness (QED) is 0.565. The number of phenols is 1. The molecule has 2 rings (SSSR count). The van der Waals surface area contributed by atoms with Crippen molar-refractivity contribution in [1.29, 1.82) is 0 Å². The summed E-state index contributed by atoms with van der Waals surface area (Å²) in [4.78, 5) is 15.3. The maximum atomic E-state index is 11.0. The zero-order chi connectivity index (χ0) is 16.5. The Labute approximate surface area is 136 Å². The SMILES string of the molecule is COC(=O)CCCCCCCn1cnc(-c2ccccc2O)c1. The molecule has 0 aliphatic rings. The van der Waals surface area contributed by atoms with Crippen molar-refractivity contribution in [2.45, 2.75) is 45.1 Å². The Bertz CT molecular complexity index is 622. The maximum absolute atomic E-state index is 11.0. The van der Waals surface area contributed by atoms with Crippen molar-refractivity contribution >= 4 is 5.97 Å². The van der Waals surface area contributed by atoms with Gasteiger partial charge in [0.25, 0.3) is 0 Å².